The van der Waals surface area contributed by atoms with Crippen molar-refractivity contribution >= 4 is 17.6 Å². The Labute approximate surface area is 161 Å². The minimum Gasteiger partial charge on any atom is -0.394 e. The van der Waals surface area contributed by atoms with E-state index in [4.69, 9.17) is 4.74 Å². The summed E-state index contributed by atoms with van der Waals surface area (Å²) in [6, 6.07) is 2.11. The summed E-state index contributed by atoms with van der Waals surface area (Å²) in [4.78, 5) is 51.0. The second kappa shape index (κ2) is 9.11. The molecule has 1 aliphatic heterocycles. The number of aliphatic hydroxyl groups excluding tert-OH is 1. The number of hydrogen-bond donors (Lipinski definition) is 4. The highest BCUT2D eigenvalue weighted by Gasteiger charge is 2.39. The molecule has 9 heteroatoms. The maximum Gasteiger partial charge on any atom is 0.268 e. The molecule has 2 amide bonds. The number of carbonyl (C=O) groups excluding carboxylic acids is 3. The van der Waals surface area contributed by atoms with Gasteiger partial charge in [0.25, 0.3) is 5.91 Å². The summed E-state index contributed by atoms with van der Waals surface area (Å²) in [5, 5.41) is 14.6. The fourth-order valence-electron chi connectivity index (χ4n) is 3.55. The van der Waals surface area contributed by atoms with Crippen LogP contribution in [0.1, 0.15) is 42.6 Å². The fourth-order valence-corrected chi connectivity index (χ4v) is 3.55. The van der Waals surface area contributed by atoms with Gasteiger partial charge in [0.05, 0.1) is 19.3 Å². The van der Waals surface area contributed by atoms with Crippen molar-refractivity contribution in [2.75, 3.05) is 13.2 Å². The van der Waals surface area contributed by atoms with Gasteiger partial charge in [0, 0.05) is 6.07 Å². The summed E-state index contributed by atoms with van der Waals surface area (Å²) in [5.74, 6) is -1.15. The van der Waals surface area contributed by atoms with Gasteiger partial charge in [-0.1, -0.05) is 31.7 Å². The van der Waals surface area contributed by atoms with Crippen LogP contribution in [-0.2, 0) is 14.3 Å². The van der Waals surface area contributed by atoms with Crippen molar-refractivity contribution in [3.05, 3.63) is 34.2 Å². The van der Waals surface area contributed by atoms with Crippen LogP contribution in [0.25, 0.3) is 0 Å². The van der Waals surface area contributed by atoms with Crippen molar-refractivity contribution in [3.63, 3.8) is 0 Å². The molecule has 3 rings (SSSR count). The monoisotopic (exact) mass is 391 g/mol. The molecule has 2 heterocycles. The van der Waals surface area contributed by atoms with Crippen LogP contribution in [0.5, 0.6) is 0 Å². The highest BCUT2D eigenvalue weighted by atomic mass is 16.6. The van der Waals surface area contributed by atoms with Gasteiger partial charge in [0.1, 0.15) is 17.8 Å². The van der Waals surface area contributed by atoms with Crippen molar-refractivity contribution in [1.82, 2.24) is 15.6 Å². The quantitative estimate of drug-likeness (QED) is 0.418. The molecule has 3 atom stereocenters. The maximum absolute atomic E-state index is 12.6. The van der Waals surface area contributed by atoms with Gasteiger partial charge in [0.2, 0.25) is 11.5 Å². The number of aromatic amines is 1. The molecule has 2 aliphatic rings. The lowest BCUT2D eigenvalue weighted by Gasteiger charge is -2.23. The number of ketones is 1. The van der Waals surface area contributed by atoms with Crippen LogP contribution >= 0.6 is 0 Å². The van der Waals surface area contributed by atoms with Gasteiger partial charge in [-0.2, -0.15) is 0 Å². The van der Waals surface area contributed by atoms with Crippen LogP contribution in [-0.4, -0.2) is 59.1 Å². The lowest BCUT2D eigenvalue weighted by atomic mass is 9.94. The molecule has 0 spiro atoms. The van der Waals surface area contributed by atoms with E-state index in [1.807, 2.05) is 0 Å². The number of aromatic nitrogens is 1. The minimum absolute atomic E-state index is 0.0243. The third-order valence-corrected chi connectivity index (χ3v) is 5.17. The Morgan fingerprint density at radius 3 is 2.50 bits per heavy atom. The summed E-state index contributed by atoms with van der Waals surface area (Å²) in [7, 11) is 0. The van der Waals surface area contributed by atoms with Gasteiger partial charge in [-0.25, -0.2) is 0 Å². The van der Waals surface area contributed by atoms with E-state index >= 15 is 0 Å². The molecule has 1 saturated heterocycles. The Kier molecular flexibility index (Phi) is 6.58. The number of rotatable bonds is 9. The van der Waals surface area contributed by atoms with Crippen molar-refractivity contribution in [2.24, 2.45) is 5.92 Å². The van der Waals surface area contributed by atoms with Crippen LogP contribution in [0.15, 0.2) is 23.0 Å². The molecule has 152 valence electrons. The summed E-state index contributed by atoms with van der Waals surface area (Å²) in [6.45, 7) is -0.281. The maximum atomic E-state index is 12.6. The van der Waals surface area contributed by atoms with E-state index in [1.54, 1.807) is 0 Å². The third-order valence-electron chi connectivity index (χ3n) is 5.17. The Balaban J connectivity index is 1.63. The van der Waals surface area contributed by atoms with Gasteiger partial charge < -0.3 is 25.5 Å². The van der Waals surface area contributed by atoms with E-state index < -0.39 is 42.2 Å². The van der Waals surface area contributed by atoms with Crippen molar-refractivity contribution < 1.29 is 24.2 Å². The summed E-state index contributed by atoms with van der Waals surface area (Å²) < 4.78 is 5.06. The smallest absolute Gasteiger partial charge is 0.268 e. The average Bonchev–Trinajstić information content (AvgIpc) is 3.41. The number of H-pyrrole nitrogens is 1. The fraction of sp³-hybridized carbons (Fsp3) is 0.579. The average molecular weight is 391 g/mol. The molecule has 1 aliphatic carbocycles. The summed E-state index contributed by atoms with van der Waals surface area (Å²) in [6.07, 6.45) is 4.32. The van der Waals surface area contributed by atoms with Crippen LogP contribution in [0.3, 0.4) is 0 Å². The number of aliphatic hydroxyl groups is 1. The van der Waals surface area contributed by atoms with Crippen LogP contribution in [0.2, 0.25) is 0 Å². The first-order chi connectivity index (χ1) is 13.5. The Bertz CT molecular complexity index is 782. The molecule has 0 aromatic carbocycles. The standard InChI is InChI=1S/C19H25N3O6/c23-9-14(22-18(26)12-6-3-7-16(24)20-12)19(27)21-13(17(25)15-10-28-15)8-11-4-1-2-5-11/h3,6-7,11,13-15,23H,1-2,4-5,8-10H2,(H,20,24)(H,21,27)(H,22,26)/t13-,14-,15+/m0/s1. The number of Topliss-reactive ketones (excluding diaryl/α,β-unsaturated/α-hetero) is 1. The van der Waals surface area contributed by atoms with E-state index in [1.165, 1.54) is 18.2 Å². The number of epoxide rings is 1. The number of carbonyl (C=O) groups is 3. The largest absolute Gasteiger partial charge is 0.394 e. The summed E-state index contributed by atoms with van der Waals surface area (Å²) >= 11 is 0. The first-order valence-electron chi connectivity index (χ1n) is 9.54. The van der Waals surface area contributed by atoms with Crippen molar-refractivity contribution in [2.45, 2.75) is 50.3 Å². The third kappa shape index (κ3) is 5.26. The zero-order chi connectivity index (χ0) is 20.1. The Hall–Kier alpha value is -2.52. The number of hydrogen-bond acceptors (Lipinski definition) is 6. The molecule has 1 aromatic rings. The number of amides is 2. The second-order valence-electron chi connectivity index (χ2n) is 7.31. The number of nitrogens with one attached hydrogen (secondary N) is 3. The lowest BCUT2D eigenvalue weighted by molar-refractivity contribution is -0.130. The topological polar surface area (TPSA) is 141 Å². The summed E-state index contributed by atoms with van der Waals surface area (Å²) in [5.41, 5.74) is -0.479. The van der Waals surface area contributed by atoms with E-state index in [0.29, 0.717) is 18.9 Å². The zero-order valence-corrected chi connectivity index (χ0v) is 15.5. The first-order valence-corrected chi connectivity index (χ1v) is 9.54. The Morgan fingerprint density at radius 1 is 1.18 bits per heavy atom. The Morgan fingerprint density at radius 2 is 1.89 bits per heavy atom. The normalized spacial score (nSPS) is 21.0. The van der Waals surface area contributed by atoms with Gasteiger partial charge in [-0.3, -0.25) is 19.2 Å². The molecular weight excluding hydrogens is 366 g/mol. The highest BCUT2D eigenvalue weighted by molar-refractivity contribution is 5.98. The van der Waals surface area contributed by atoms with Gasteiger partial charge in [-0.15, -0.1) is 0 Å². The number of pyridine rings is 1. The number of ether oxygens (including phenoxy) is 1. The van der Waals surface area contributed by atoms with Crippen LogP contribution in [0, 0.1) is 5.92 Å². The molecule has 4 N–H and O–H groups in total. The predicted octanol–water partition coefficient (Wildman–Crippen LogP) is -0.501. The molecule has 0 bridgehead atoms. The molecule has 28 heavy (non-hydrogen) atoms. The lowest BCUT2D eigenvalue weighted by Crippen LogP contribution is -2.54. The van der Waals surface area contributed by atoms with E-state index in [2.05, 4.69) is 15.6 Å². The van der Waals surface area contributed by atoms with Gasteiger partial charge >= 0.3 is 0 Å². The van der Waals surface area contributed by atoms with Gasteiger partial charge in [0.15, 0.2) is 5.78 Å². The van der Waals surface area contributed by atoms with Crippen molar-refractivity contribution in [1.29, 1.82) is 0 Å². The SMILES string of the molecule is O=C(N[C@@H](CO)C(=O)N[C@@H](CC1CCCC1)C(=O)[C@H]1CO1)c1cccc(=O)[nH]1. The molecule has 1 saturated carbocycles. The molecule has 2 fully saturated rings. The molecular formula is C19H25N3O6. The highest BCUT2D eigenvalue weighted by Crippen LogP contribution is 2.29. The molecule has 0 radical (unpaired) electrons. The zero-order valence-electron chi connectivity index (χ0n) is 15.5. The van der Waals surface area contributed by atoms with Crippen LogP contribution in [0.4, 0.5) is 0 Å². The van der Waals surface area contributed by atoms with Gasteiger partial charge in [-0.05, 0) is 18.4 Å². The second-order valence-corrected chi connectivity index (χ2v) is 7.31. The molecule has 9 nitrogen and oxygen atoms in total. The van der Waals surface area contributed by atoms with Crippen LogP contribution < -0.4 is 16.2 Å². The van der Waals surface area contributed by atoms with E-state index in [-0.39, 0.29) is 11.5 Å². The van der Waals surface area contributed by atoms with Crippen molar-refractivity contribution in [3.8, 4) is 0 Å². The predicted molar refractivity (Wildman–Crippen MR) is 98.7 cm³/mol. The minimum atomic E-state index is -1.24. The molecule has 1 aromatic heterocycles. The molecule has 0 unspecified atom stereocenters. The first kappa shape index (κ1) is 20.2. The van der Waals surface area contributed by atoms with E-state index in [9.17, 15) is 24.3 Å². The van der Waals surface area contributed by atoms with E-state index in [0.717, 1.165) is 25.7 Å².